The number of hydrogen-bond acceptors (Lipinski definition) is 2. The molecule has 1 aromatic rings. The highest BCUT2D eigenvalue weighted by Crippen LogP contribution is 2.25. The van der Waals surface area contributed by atoms with Gasteiger partial charge in [0.15, 0.2) is 0 Å². The van der Waals surface area contributed by atoms with Crippen LogP contribution in [0.25, 0.3) is 0 Å². The van der Waals surface area contributed by atoms with Crippen molar-refractivity contribution in [2.45, 2.75) is 46.2 Å². The lowest BCUT2D eigenvalue weighted by Gasteiger charge is -2.32. The van der Waals surface area contributed by atoms with Crippen molar-refractivity contribution in [3.8, 4) is 0 Å². The minimum Gasteiger partial charge on any atom is -0.313 e. The van der Waals surface area contributed by atoms with Crippen molar-refractivity contribution in [2.24, 2.45) is 11.8 Å². The molecule has 0 spiro atoms. The second kappa shape index (κ2) is 8.50. The highest BCUT2D eigenvalue weighted by Gasteiger charge is 2.23. The molecule has 1 N–H and O–H groups in total. The molecule has 0 aliphatic rings. The topological polar surface area (TPSA) is 15.3 Å². The molecule has 0 saturated carbocycles. The average Bonchev–Trinajstić information content (AvgIpc) is 2.40. The molecule has 2 nitrogen and oxygen atoms in total. The molecule has 0 heterocycles. The van der Waals surface area contributed by atoms with Crippen LogP contribution < -0.4 is 5.32 Å². The third-order valence-corrected chi connectivity index (χ3v) is 4.26. The molecule has 120 valence electrons. The first kappa shape index (κ1) is 18.1. The number of nitrogens with one attached hydrogen (secondary N) is 1. The Balaban J connectivity index is 2.72. The fourth-order valence-corrected chi connectivity index (χ4v) is 3.08. The van der Waals surface area contributed by atoms with E-state index in [0.717, 1.165) is 12.1 Å². The molecule has 21 heavy (non-hydrogen) atoms. The van der Waals surface area contributed by atoms with Gasteiger partial charge in [0.1, 0.15) is 5.82 Å². The van der Waals surface area contributed by atoms with Crippen molar-refractivity contribution in [1.29, 1.82) is 0 Å². The zero-order valence-electron chi connectivity index (χ0n) is 14.4. The van der Waals surface area contributed by atoms with Crippen molar-refractivity contribution >= 4 is 0 Å². The molecule has 0 fully saturated rings. The standard InChI is InChI=1S/C18H31FN2/c1-13(2)11-15(4)21(6)12-14(3)18(20-5)16-9-7-8-10-17(16)19/h7-10,13-15,18,20H,11-12H2,1-6H3. The zero-order valence-corrected chi connectivity index (χ0v) is 14.4. The monoisotopic (exact) mass is 294 g/mol. The van der Waals surface area contributed by atoms with Crippen LogP contribution in [0.3, 0.4) is 0 Å². The van der Waals surface area contributed by atoms with Gasteiger partial charge in [0.05, 0.1) is 0 Å². The predicted octanol–water partition coefficient (Wildman–Crippen LogP) is 4.09. The summed E-state index contributed by atoms with van der Waals surface area (Å²) in [5.74, 6) is 0.914. The van der Waals surface area contributed by atoms with Gasteiger partial charge in [0.2, 0.25) is 0 Å². The Labute approximate surface area is 129 Å². The first-order chi connectivity index (χ1) is 9.86. The van der Waals surface area contributed by atoms with E-state index in [-0.39, 0.29) is 11.9 Å². The maximum absolute atomic E-state index is 14.0. The quantitative estimate of drug-likeness (QED) is 0.777. The summed E-state index contributed by atoms with van der Waals surface area (Å²) in [5, 5.41) is 3.28. The summed E-state index contributed by atoms with van der Waals surface area (Å²) >= 11 is 0. The Hall–Kier alpha value is -0.930. The number of rotatable bonds is 8. The molecule has 0 amide bonds. The van der Waals surface area contributed by atoms with Crippen molar-refractivity contribution in [3.05, 3.63) is 35.6 Å². The number of hydrogen-bond donors (Lipinski definition) is 1. The Morgan fingerprint density at radius 1 is 1.14 bits per heavy atom. The minimum atomic E-state index is -0.124. The summed E-state index contributed by atoms with van der Waals surface area (Å²) in [6.45, 7) is 9.91. The summed E-state index contributed by atoms with van der Waals surface area (Å²) in [7, 11) is 4.07. The van der Waals surface area contributed by atoms with Crippen molar-refractivity contribution in [1.82, 2.24) is 10.2 Å². The highest BCUT2D eigenvalue weighted by molar-refractivity contribution is 5.21. The summed E-state index contributed by atoms with van der Waals surface area (Å²) in [6.07, 6.45) is 1.19. The van der Waals surface area contributed by atoms with E-state index in [1.54, 1.807) is 6.07 Å². The van der Waals surface area contributed by atoms with Crippen LogP contribution in [0.1, 0.15) is 45.7 Å². The number of halogens is 1. The van der Waals surface area contributed by atoms with Gasteiger partial charge in [-0.2, -0.15) is 0 Å². The SMILES string of the molecule is CNC(c1ccccc1F)C(C)CN(C)C(C)CC(C)C. The Kier molecular flexibility index (Phi) is 7.33. The van der Waals surface area contributed by atoms with E-state index in [9.17, 15) is 4.39 Å². The fraction of sp³-hybridized carbons (Fsp3) is 0.667. The van der Waals surface area contributed by atoms with Crippen LogP contribution in [-0.4, -0.2) is 31.6 Å². The van der Waals surface area contributed by atoms with E-state index in [4.69, 9.17) is 0 Å². The lowest BCUT2D eigenvalue weighted by molar-refractivity contribution is 0.183. The van der Waals surface area contributed by atoms with Gasteiger partial charge in [-0.3, -0.25) is 0 Å². The van der Waals surface area contributed by atoms with Crippen LogP contribution >= 0.6 is 0 Å². The summed E-state index contributed by atoms with van der Waals surface area (Å²) in [6, 6.07) is 7.65. The normalized spacial score (nSPS) is 16.2. The third-order valence-electron chi connectivity index (χ3n) is 4.26. The lowest BCUT2D eigenvalue weighted by Crippen LogP contribution is -2.38. The Morgan fingerprint density at radius 3 is 2.29 bits per heavy atom. The molecule has 3 atom stereocenters. The Bertz CT molecular complexity index is 419. The highest BCUT2D eigenvalue weighted by atomic mass is 19.1. The van der Waals surface area contributed by atoms with Gasteiger partial charge in [0.25, 0.3) is 0 Å². The largest absolute Gasteiger partial charge is 0.313 e. The average molecular weight is 294 g/mol. The summed E-state index contributed by atoms with van der Waals surface area (Å²) < 4.78 is 14.0. The van der Waals surface area contributed by atoms with Gasteiger partial charge < -0.3 is 10.2 Å². The van der Waals surface area contributed by atoms with Crippen molar-refractivity contribution < 1.29 is 4.39 Å². The van der Waals surface area contributed by atoms with Gasteiger partial charge in [-0.05, 0) is 45.3 Å². The maximum atomic E-state index is 14.0. The van der Waals surface area contributed by atoms with Gasteiger partial charge in [-0.1, -0.05) is 39.0 Å². The molecule has 0 aliphatic carbocycles. The van der Waals surface area contributed by atoms with Crippen LogP contribution in [0.4, 0.5) is 4.39 Å². The first-order valence-corrected chi connectivity index (χ1v) is 7.98. The van der Waals surface area contributed by atoms with E-state index in [1.807, 2.05) is 19.2 Å². The van der Waals surface area contributed by atoms with Gasteiger partial charge in [0, 0.05) is 24.2 Å². The van der Waals surface area contributed by atoms with Crippen LogP contribution in [0.5, 0.6) is 0 Å². The molecular formula is C18H31FN2. The van der Waals surface area contributed by atoms with Crippen molar-refractivity contribution in [3.63, 3.8) is 0 Å². The van der Waals surface area contributed by atoms with E-state index >= 15 is 0 Å². The summed E-state index contributed by atoms with van der Waals surface area (Å²) in [5.41, 5.74) is 0.761. The van der Waals surface area contributed by atoms with Gasteiger partial charge >= 0.3 is 0 Å². The number of benzene rings is 1. The molecule has 3 unspecified atom stereocenters. The van der Waals surface area contributed by atoms with E-state index in [1.165, 1.54) is 12.5 Å². The third kappa shape index (κ3) is 5.40. The fourth-order valence-electron chi connectivity index (χ4n) is 3.08. The molecule has 0 bridgehead atoms. The zero-order chi connectivity index (χ0) is 16.0. The molecule has 0 aliphatic heterocycles. The predicted molar refractivity (Wildman–Crippen MR) is 88.9 cm³/mol. The van der Waals surface area contributed by atoms with Crippen LogP contribution in [0, 0.1) is 17.7 Å². The van der Waals surface area contributed by atoms with Crippen molar-refractivity contribution in [2.75, 3.05) is 20.6 Å². The van der Waals surface area contributed by atoms with Gasteiger partial charge in [-0.25, -0.2) is 4.39 Å². The number of nitrogens with zero attached hydrogens (tertiary/aromatic N) is 1. The first-order valence-electron chi connectivity index (χ1n) is 7.98. The molecular weight excluding hydrogens is 263 g/mol. The molecule has 3 heteroatoms. The molecule has 0 saturated heterocycles. The second-order valence-electron chi connectivity index (χ2n) is 6.68. The molecule has 1 aromatic carbocycles. The molecule has 0 aromatic heterocycles. The van der Waals surface area contributed by atoms with E-state index in [0.29, 0.717) is 17.9 Å². The van der Waals surface area contributed by atoms with E-state index < -0.39 is 0 Å². The molecule has 0 radical (unpaired) electrons. The second-order valence-corrected chi connectivity index (χ2v) is 6.68. The van der Waals surface area contributed by atoms with Crippen LogP contribution in [0.2, 0.25) is 0 Å². The Morgan fingerprint density at radius 2 is 1.76 bits per heavy atom. The minimum absolute atomic E-state index is 0.0416. The van der Waals surface area contributed by atoms with Gasteiger partial charge in [-0.15, -0.1) is 0 Å². The molecule has 1 rings (SSSR count). The van der Waals surface area contributed by atoms with Crippen LogP contribution in [-0.2, 0) is 0 Å². The van der Waals surface area contributed by atoms with E-state index in [2.05, 4.69) is 45.0 Å². The van der Waals surface area contributed by atoms with Crippen LogP contribution in [0.15, 0.2) is 24.3 Å². The lowest BCUT2D eigenvalue weighted by atomic mass is 9.93. The smallest absolute Gasteiger partial charge is 0.127 e. The summed E-state index contributed by atoms with van der Waals surface area (Å²) in [4.78, 5) is 2.38. The maximum Gasteiger partial charge on any atom is 0.127 e.